The molecule has 0 aliphatic rings. The predicted molar refractivity (Wildman–Crippen MR) is 73.2 cm³/mol. The molecule has 1 atom stereocenters. The first-order valence-corrected chi connectivity index (χ1v) is 7.09. The summed E-state index contributed by atoms with van der Waals surface area (Å²) >= 11 is 0. The van der Waals surface area contributed by atoms with Gasteiger partial charge >= 0.3 is 0 Å². The number of nitrogens with zero attached hydrogens (tertiary/aromatic N) is 2. The summed E-state index contributed by atoms with van der Waals surface area (Å²) in [6, 6.07) is 5.72. The van der Waals surface area contributed by atoms with E-state index in [9.17, 15) is 4.21 Å². The van der Waals surface area contributed by atoms with Gasteiger partial charge in [-0.15, -0.1) is 0 Å². The molecular formula is C13H19N3OS. The lowest BCUT2D eigenvalue weighted by molar-refractivity contribution is 0.631. The molecule has 1 aromatic heterocycles. The molecule has 1 N–H and O–H groups in total. The molecule has 0 fully saturated rings. The van der Waals surface area contributed by atoms with E-state index in [2.05, 4.69) is 9.71 Å². The van der Waals surface area contributed by atoms with E-state index in [0.717, 1.165) is 18.4 Å². The molecule has 0 spiro atoms. The van der Waals surface area contributed by atoms with Crippen molar-refractivity contribution >= 4 is 11.0 Å². The van der Waals surface area contributed by atoms with E-state index in [1.807, 2.05) is 32.9 Å². The number of hydrogen-bond acceptors (Lipinski definition) is 3. The quantitative estimate of drug-likeness (QED) is 0.827. The molecule has 0 aliphatic carbocycles. The van der Waals surface area contributed by atoms with Crippen LogP contribution in [0.5, 0.6) is 0 Å². The molecule has 0 saturated carbocycles. The summed E-state index contributed by atoms with van der Waals surface area (Å²) in [7, 11) is -1.02. The highest BCUT2D eigenvalue weighted by Gasteiger charge is 2.18. The third kappa shape index (κ3) is 4.94. The molecule has 1 unspecified atom stereocenters. The Morgan fingerprint density at radius 1 is 1.50 bits per heavy atom. The van der Waals surface area contributed by atoms with Gasteiger partial charge < -0.3 is 0 Å². The van der Waals surface area contributed by atoms with Crippen LogP contribution in [0.2, 0.25) is 0 Å². The number of aromatic nitrogens is 1. The van der Waals surface area contributed by atoms with Crippen molar-refractivity contribution in [3.63, 3.8) is 0 Å². The fourth-order valence-corrected chi connectivity index (χ4v) is 2.13. The zero-order chi connectivity index (χ0) is 13.6. The fourth-order valence-electron chi connectivity index (χ4n) is 1.36. The molecule has 0 saturated heterocycles. The normalized spacial score (nSPS) is 13.0. The molecule has 1 aromatic rings. The first-order valence-electron chi connectivity index (χ1n) is 5.94. The van der Waals surface area contributed by atoms with E-state index in [1.165, 1.54) is 0 Å². The molecule has 0 aliphatic heterocycles. The average Bonchev–Trinajstić information content (AvgIpc) is 2.33. The van der Waals surface area contributed by atoms with Gasteiger partial charge in [0.05, 0.1) is 15.7 Å². The van der Waals surface area contributed by atoms with Crippen molar-refractivity contribution in [1.82, 2.24) is 9.71 Å². The molecule has 1 heterocycles. The van der Waals surface area contributed by atoms with Gasteiger partial charge in [-0.25, -0.2) is 13.9 Å². The number of rotatable bonds is 5. The standard InChI is InChI=1S/C13H19N3OS/c1-13(2,3)18(17)16-7-4-5-11-6-8-15-12(9-11)10-14/h6,8-9,16H,4-5,7H2,1-3H3. The first-order chi connectivity index (χ1) is 8.43. The second-order valence-electron chi connectivity index (χ2n) is 5.04. The maximum Gasteiger partial charge on any atom is 0.140 e. The lowest BCUT2D eigenvalue weighted by Gasteiger charge is -2.17. The largest absolute Gasteiger partial charge is 0.246 e. The Bertz CT molecular complexity index is 460. The van der Waals surface area contributed by atoms with Gasteiger partial charge in [0.15, 0.2) is 0 Å². The Morgan fingerprint density at radius 2 is 2.22 bits per heavy atom. The lowest BCUT2D eigenvalue weighted by Crippen LogP contribution is -2.33. The van der Waals surface area contributed by atoms with Crippen LogP contribution in [0.3, 0.4) is 0 Å². The van der Waals surface area contributed by atoms with Gasteiger partial charge in [0.2, 0.25) is 0 Å². The monoisotopic (exact) mass is 265 g/mol. The van der Waals surface area contributed by atoms with Gasteiger partial charge in [-0.1, -0.05) is 0 Å². The van der Waals surface area contributed by atoms with Crippen LogP contribution in [0.15, 0.2) is 18.3 Å². The molecule has 0 amide bonds. The Kier molecular flexibility index (Phi) is 5.45. The smallest absolute Gasteiger partial charge is 0.140 e. The summed E-state index contributed by atoms with van der Waals surface area (Å²) in [6.45, 7) is 6.53. The Labute approximate surface area is 111 Å². The van der Waals surface area contributed by atoms with Crippen molar-refractivity contribution in [1.29, 1.82) is 5.26 Å². The van der Waals surface area contributed by atoms with Crippen LogP contribution >= 0.6 is 0 Å². The highest BCUT2D eigenvalue weighted by Crippen LogP contribution is 2.09. The maximum atomic E-state index is 11.7. The number of hydrogen-bond donors (Lipinski definition) is 1. The number of pyridine rings is 1. The van der Waals surface area contributed by atoms with E-state index < -0.39 is 11.0 Å². The van der Waals surface area contributed by atoms with Crippen molar-refractivity contribution < 1.29 is 4.21 Å². The summed E-state index contributed by atoms with van der Waals surface area (Å²) in [5.41, 5.74) is 1.53. The van der Waals surface area contributed by atoms with Crippen LogP contribution in [-0.4, -0.2) is 20.5 Å². The van der Waals surface area contributed by atoms with Gasteiger partial charge in [0.1, 0.15) is 11.8 Å². The van der Waals surface area contributed by atoms with Gasteiger partial charge in [0, 0.05) is 12.7 Å². The molecule has 4 nitrogen and oxygen atoms in total. The van der Waals surface area contributed by atoms with Crippen LogP contribution < -0.4 is 4.72 Å². The fraction of sp³-hybridized carbons (Fsp3) is 0.538. The highest BCUT2D eigenvalue weighted by atomic mass is 32.2. The van der Waals surface area contributed by atoms with E-state index in [0.29, 0.717) is 12.2 Å². The van der Waals surface area contributed by atoms with Crippen molar-refractivity contribution in [2.24, 2.45) is 0 Å². The van der Waals surface area contributed by atoms with Crippen molar-refractivity contribution in [2.45, 2.75) is 38.4 Å². The Hall–Kier alpha value is -1.25. The molecule has 5 heteroatoms. The van der Waals surface area contributed by atoms with Gasteiger partial charge in [-0.3, -0.25) is 0 Å². The number of aryl methyl sites for hydroxylation is 1. The molecule has 1 rings (SSSR count). The van der Waals surface area contributed by atoms with Crippen molar-refractivity contribution in [2.75, 3.05) is 6.54 Å². The highest BCUT2D eigenvalue weighted by molar-refractivity contribution is 7.84. The SMILES string of the molecule is CC(C)(C)S(=O)NCCCc1ccnc(C#N)c1. The number of nitriles is 1. The molecule has 18 heavy (non-hydrogen) atoms. The van der Waals surface area contributed by atoms with E-state index in [-0.39, 0.29) is 4.75 Å². The van der Waals surface area contributed by atoms with Crippen molar-refractivity contribution in [3.05, 3.63) is 29.6 Å². The minimum atomic E-state index is -1.02. The summed E-state index contributed by atoms with van der Waals surface area (Å²) in [5, 5.41) is 8.73. The molecule has 0 bridgehead atoms. The summed E-state index contributed by atoms with van der Waals surface area (Å²) in [4.78, 5) is 3.92. The van der Waals surface area contributed by atoms with Crippen molar-refractivity contribution in [3.8, 4) is 6.07 Å². The topological polar surface area (TPSA) is 65.8 Å². The molecule has 0 aromatic carbocycles. The zero-order valence-electron chi connectivity index (χ0n) is 11.1. The van der Waals surface area contributed by atoms with Crippen LogP contribution in [0.1, 0.15) is 38.4 Å². The first kappa shape index (κ1) is 14.8. The summed E-state index contributed by atoms with van der Waals surface area (Å²) < 4.78 is 14.5. The maximum absolute atomic E-state index is 11.7. The Balaban J connectivity index is 2.34. The minimum absolute atomic E-state index is 0.232. The number of nitrogens with one attached hydrogen (secondary N) is 1. The van der Waals surface area contributed by atoms with Gasteiger partial charge in [-0.2, -0.15) is 5.26 Å². The van der Waals surface area contributed by atoms with Crippen LogP contribution in [0.25, 0.3) is 0 Å². The van der Waals surface area contributed by atoms with E-state index >= 15 is 0 Å². The average molecular weight is 265 g/mol. The Morgan fingerprint density at radius 3 is 2.83 bits per heavy atom. The lowest BCUT2D eigenvalue weighted by atomic mass is 10.1. The molecular weight excluding hydrogens is 246 g/mol. The van der Waals surface area contributed by atoms with E-state index in [4.69, 9.17) is 5.26 Å². The van der Waals surface area contributed by atoms with Crippen LogP contribution in [0.4, 0.5) is 0 Å². The zero-order valence-corrected chi connectivity index (χ0v) is 11.9. The second-order valence-corrected chi connectivity index (χ2v) is 7.09. The van der Waals surface area contributed by atoms with Gasteiger partial charge in [0.25, 0.3) is 0 Å². The molecule has 0 radical (unpaired) electrons. The van der Waals surface area contributed by atoms with Crippen LogP contribution in [-0.2, 0) is 17.4 Å². The molecule has 98 valence electrons. The van der Waals surface area contributed by atoms with Crippen LogP contribution in [0, 0.1) is 11.3 Å². The van der Waals surface area contributed by atoms with Gasteiger partial charge in [-0.05, 0) is 51.3 Å². The van der Waals surface area contributed by atoms with E-state index in [1.54, 1.807) is 12.3 Å². The second kappa shape index (κ2) is 6.62. The third-order valence-electron chi connectivity index (χ3n) is 2.37. The summed E-state index contributed by atoms with van der Waals surface area (Å²) in [6.07, 6.45) is 3.39. The summed E-state index contributed by atoms with van der Waals surface area (Å²) in [5.74, 6) is 0. The predicted octanol–water partition coefficient (Wildman–Crippen LogP) is 1.94. The third-order valence-corrected chi connectivity index (χ3v) is 3.95. The minimum Gasteiger partial charge on any atom is -0.246 e.